The molecule has 5 aromatic rings. The normalized spacial score (nSPS) is 15.3. The topological polar surface area (TPSA) is 106 Å². The van der Waals surface area contributed by atoms with Crippen LogP contribution in [0.5, 0.6) is 0 Å². The Morgan fingerprint density at radius 3 is 2.74 bits per heavy atom. The second-order valence-corrected chi connectivity index (χ2v) is 10.6. The van der Waals surface area contributed by atoms with E-state index in [1.165, 1.54) is 6.42 Å². The van der Waals surface area contributed by atoms with E-state index in [4.69, 9.17) is 4.42 Å². The summed E-state index contributed by atoms with van der Waals surface area (Å²) in [5.74, 6) is 1.47. The number of aromatic nitrogens is 6. The van der Waals surface area contributed by atoms with Gasteiger partial charge in [-0.25, -0.2) is 4.68 Å². The van der Waals surface area contributed by atoms with E-state index in [1.54, 1.807) is 12.5 Å². The van der Waals surface area contributed by atoms with Crippen molar-refractivity contribution >= 4 is 10.9 Å². The van der Waals surface area contributed by atoms with Crippen LogP contribution < -0.4 is 5.56 Å². The molecule has 9 nitrogen and oxygen atoms in total. The lowest BCUT2D eigenvalue weighted by Crippen LogP contribution is -2.35. The number of hydrogen-bond donors (Lipinski definition) is 1. The fourth-order valence-electron chi connectivity index (χ4n) is 5.94. The van der Waals surface area contributed by atoms with E-state index in [0.717, 1.165) is 59.0 Å². The van der Waals surface area contributed by atoms with Crippen LogP contribution in [0, 0.1) is 13.8 Å². The molecule has 1 aromatic carbocycles. The summed E-state index contributed by atoms with van der Waals surface area (Å²) >= 11 is 0. The first-order chi connectivity index (χ1) is 19.1. The average molecular weight is 524 g/mol. The van der Waals surface area contributed by atoms with Gasteiger partial charge in [0.1, 0.15) is 11.8 Å². The van der Waals surface area contributed by atoms with Crippen LogP contribution in [0.3, 0.4) is 0 Å². The third kappa shape index (κ3) is 5.27. The van der Waals surface area contributed by atoms with Gasteiger partial charge in [-0.15, -0.1) is 5.10 Å². The van der Waals surface area contributed by atoms with Crippen LogP contribution in [-0.4, -0.2) is 35.1 Å². The number of aryl methyl sites for hydroxylation is 2. The highest BCUT2D eigenvalue weighted by molar-refractivity contribution is 5.83. The predicted molar refractivity (Wildman–Crippen MR) is 148 cm³/mol. The number of benzene rings is 1. The van der Waals surface area contributed by atoms with Crippen molar-refractivity contribution in [3.8, 4) is 0 Å². The first-order valence-corrected chi connectivity index (χ1v) is 13.6. The SMILES string of the molecule is Cc1cc(C)c2[nH]c(=O)c([C@H](c3nnnn3C3CCCCC3)N(Cc3cccnc3)Cc3ccco3)cc2c1. The Bertz CT molecular complexity index is 1600. The van der Waals surface area contributed by atoms with Gasteiger partial charge in [0, 0.05) is 24.5 Å². The summed E-state index contributed by atoms with van der Waals surface area (Å²) in [4.78, 5) is 23.6. The molecule has 1 saturated carbocycles. The minimum Gasteiger partial charge on any atom is -0.468 e. The smallest absolute Gasteiger partial charge is 0.253 e. The van der Waals surface area contributed by atoms with Gasteiger partial charge in [0.05, 0.1) is 24.4 Å². The largest absolute Gasteiger partial charge is 0.468 e. The maximum atomic E-state index is 13.9. The molecule has 0 bridgehead atoms. The summed E-state index contributed by atoms with van der Waals surface area (Å²) < 4.78 is 7.75. The summed E-state index contributed by atoms with van der Waals surface area (Å²) in [5.41, 5.74) is 4.52. The molecule has 1 atom stereocenters. The van der Waals surface area contributed by atoms with Gasteiger partial charge in [0.2, 0.25) is 0 Å². The number of H-pyrrole nitrogens is 1. The molecule has 0 aliphatic heterocycles. The molecule has 0 amide bonds. The lowest BCUT2D eigenvalue weighted by Gasteiger charge is -2.32. The lowest BCUT2D eigenvalue weighted by atomic mass is 9.94. The highest BCUT2D eigenvalue weighted by atomic mass is 16.3. The second-order valence-electron chi connectivity index (χ2n) is 10.6. The molecule has 4 heterocycles. The molecule has 1 aliphatic carbocycles. The molecule has 200 valence electrons. The molecule has 9 heteroatoms. The van der Waals surface area contributed by atoms with Crippen LogP contribution in [0.2, 0.25) is 0 Å². The van der Waals surface area contributed by atoms with Gasteiger partial charge in [-0.3, -0.25) is 14.7 Å². The summed E-state index contributed by atoms with van der Waals surface area (Å²) in [6.45, 7) is 5.09. The zero-order valence-corrected chi connectivity index (χ0v) is 22.4. The molecule has 0 unspecified atom stereocenters. The lowest BCUT2D eigenvalue weighted by molar-refractivity contribution is 0.173. The van der Waals surface area contributed by atoms with Crippen molar-refractivity contribution in [2.45, 2.75) is 71.1 Å². The van der Waals surface area contributed by atoms with Crippen molar-refractivity contribution in [3.63, 3.8) is 0 Å². The monoisotopic (exact) mass is 523 g/mol. The summed E-state index contributed by atoms with van der Waals surface area (Å²) in [7, 11) is 0. The molecule has 0 spiro atoms. The number of nitrogens with one attached hydrogen (secondary N) is 1. The zero-order chi connectivity index (χ0) is 26.8. The Hall–Kier alpha value is -4.11. The summed E-state index contributed by atoms with van der Waals surface area (Å²) in [5, 5.41) is 14.2. The number of tetrazole rings is 1. The Morgan fingerprint density at radius 2 is 1.97 bits per heavy atom. The summed E-state index contributed by atoms with van der Waals surface area (Å²) in [6.07, 6.45) is 10.9. The van der Waals surface area contributed by atoms with Gasteiger partial charge in [-0.2, -0.15) is 0 Å². The molecule has 39 heavy (non-hydrogen) atoms. The first-order valence-electron chi connectivity index (χ1n) is 13.6. The number of pyridine rings is 2. The fraction of sp³-hybridized carbons (Fsp3) is 0.367. The zero-order valence-electron chi connectivity index (χ0n) is 22.4. The van der Waals surface area contributed by atoms with Gasteiger partial charge in [0.15, 0.2) is 5.82 Å². The third-order valence-electron chi connectivity index (χ3n) is 7.71. The van der Waals surface area contributed by atoms with Gasteiger partial charge in [0.25, 0.3) is 5.56 Å². The maximum absolute atomic E-state index is 13.9. The molecular weight excluding hydrogens is 490 g/mol. The second kappa shape index (κ2) is 10.9. The molecule has 0 radical (unpaired) electrons. The number of hydrogen-bond acceptors (Lipinski definition) is 7. The van der Waals surface area contributed by atoms with E-state index >= 15 is 0 Å². The number of fused-ring (bicyclic) bond motifs is 1. The minimum atomic E-state index is -0.513. The Labute approximate surface area is 226 Å². The van der Waals surface area contributed by atoms with Gasteiger partial charge < -0.3 is 9.40 Å². The van der Waals surface area contributed by atoms with Crippen LogP contribution in [0.4, 0.5) is 0 Å². The fourth-order valence-corrected chi connectivity index (χ4v) is 5.94. The van der Waals surface area contributed by atoms with Crippen LogP contribution in [0.1, 0.15) is 78.0 Å². The molecule has 6 rings (SSSR count). The minimum absolute atomic E-state index is 0.145. The van der Waals surface area contributed by atoms with E-state index in [1.807, 2.05) is 48.1 Å². The highest BCUT2D eigenvalue weighted by Crippen LogP contribution is 2.34. The molecule has 4 aromatic heterocycles. The number of nitrogens with zero attached hydrogens (tertiary/aromatic N) is 6. The van der Waals surface area contributed by atoms with Crippen molar-refractivity contribution in [1.82, 2.24) is 35.1 Å². The third-order valence-corrected chi connectivity index (χ3v) is 7.71. The van der Waals surface area contributed by atoms with E-state index in [0.29, 0.717) is 24.5 Å². The van der Waals surface area contributed by atoms with Crippen molar-refractivity contribution in [3.05, 3.63) is 105 Å². The summed E-state index contributed by atoms with van der Waals surface area (Å²) in [6, 6.07) is 13.7. The van der Waals surface area contributed by atoms with Crippen LogP contribution >= 0.6 is 0 Å². The van der Waals surface area contributed by atoms with Crippen LogP contribution in [0.15, 0.2) is 70.3 Å². The van der Waals surface area contributed by atoms with Gasteiger partial charge in [-0.1, -0.05) is 37.0 Å². The van der Waals surface area contributed by atoms with E-state index < -0.39 is 6.04 Å². The van der Waals surface area contributed by atoms with Crippen molar-refractivity contribution in [1.29, 1.82) is 0 Å². The Balaban J connectivity index is 1.54. The van der Waals surface area contributed by atoms with E-state index in [9.17, 15) is 4.79 Å². The number of aromatic amines is 1. The average Bonchev–Trinajstić information content (AvgIpc) is 3.63. The molecule has 1 fully saturated rings. The number of rotatable bonds is 8. The standard InChI is InChI=1S/C30H33N7O2/c1-20-14-21(2)27-23(15-20)16-26(30(38)32-27)28(29-33-34-35-37(29)24-9-4-3-5-10-24)36(19-25-11-7-13-39-25)18-22-8-6-12-31-17-22/h6-8,11-17,24,28H,3-5,9-10,18-19H2,1-2H3,(H,32,38)/t28-/m1/s1. The molecular formula is C30H33N7O2. The van der Waals surface area contributed by atoms with Crippen molar-refractivity contribution in [2.75, 3.05) is 0 Å². The van der Waals surface area contributed by atoms with E-state index in [-0.39, 0.29) is 11.6 Å². The first kappa shape index (κ1) is 25.2. The number of furan rings is 1. The van der Waals surface area contributed by atoms with Crippen molar-refractivity contribution < 1.29 is 4.42 Å². The maximum Gasteiger partial charge on any atom is 0.253 e. The highest BCUT2D eigenvalue weighted by Gasteiger charge is 2.33. The Kier molecular flexibility index (Phi) is 7.06. The predicted octanol–water partition coefficient (Wildman–Crippen LogP) is 5.42. The molecule has 0 saturated heterocycles. The van der Waals surface area contributed by atoms with Gasteiger partial charge in [-0.05, 0) is 84.0 Å². The molecule has 1 aliphatic rings. The van der Waals surface area contributed by atoms with Crippen molar-refractivity contribution in [2.24, 2.45) is 0 Å². The van der Waals surface area contributed by atoms with E-state index in [2.05, 4.69) is 49.4 Å². The molecule has 1 N–H and O–H groups in total. The van der Waals surface area contributed by atoms with Crippen LogP contribution in [0.25, 0.3) is 10.9 Å². The van der Waals surface area contributed by atoms with Gasteiger partial charge >= 0.3 is 0 Å². The van der Waals surface area contributed by atoms with Crippen LogP contribution in [-0.2, 0) is 13.1 Å². The Morgan fingerprint density at radius 1 is 1.10 bits per heavy atom. The quantitative estimate of drug-likeness (QED) is 0.290.